The van der Waals surface area contributed by atoms with Gasteiger partial charge in [-0.25, -0.2) is 0 Å². The van der Waals surface area contributed by atoms with E-state index in [0.717, 1.165) is 61.4 Å². The van der Waals surface area contributed by atoms with Crippen LogP contribution in [0.1, 0.15) is 24.7 Å². The number of pyridine rings is 1. The summed E-state index contributed by atoms with van der Waals surface area (Å²) in [6.07, 6.45) is 4.66. The van der Waals surface area contributed by atoms with E-state index in [1.807, 2.05) is 47.0 Å². The summed E-state index contributed by atoms with van der Waals surface area (Å²) in [5.74, 6) is 1.81. The Morgan fingerprint density at radius 3 is 2.89 bits per heavy atom. The van der Waals surface area contributed by atoms with E-state index in [9.17, 15) is 0 Å². The second-order valence-corrected chi connectivity index (χ2v) is 6.65. The van der Waals surface area contributed by atoms with Crippen LogP contribution in [0.5, 0.6) is 0 Å². The van der Waals surface area contributed by atoms with Gasteiger partial charge in [-0.1, -0.05) is 29.8 Å². The number of rotatable bonds is 8. The van der Waals surface area contributed by atoms with E-state index in [2.05, 4.69) is 38.8 Å². The summed E-state index contributed by atoms with van der Waals surface area (Å²) in [6, 6.07) is 13.9. The number of guanidine groups is 1. The van der Waals surface area contributed by atoms with Gasteiger partial charge in [0.15, 0.2) is 11.6 Å². The van der Waals surface area contributed by atoms with Gasteiger partial charge in [0.25, 0.3) is 0 Å². The van der Waals surface area contributed by atoms with Crippen LogP contribution in [-0.2, 0) is 12.8 Å². The highest BCUT2D eigenvalue weighted by Crippen LogP contribution is 2.10. The molecule has 3 rings (SSSR count). The van der Waals surface area contributed by atoms with Crippen LogP contribution in [0.15, 0.2) is 53.7 Å². The molecule has 0 bridgehead atoms. The van der Waals surface area contributed by atoms with E-state index in [4.69, 9.17) is 11.6 Å². The van der Waals surface area contributed by atoms with Crippen LogP contribution in [0.2, 0.25) is 5.02 Å². The molecule has 0 saturated carbocycles. The number of halogens is 1. The molecule has 0 aliphatic rings. The van der Waals surface area contributed by atoms with Gasteiger partial charge in [0.2, 0.25) is 0 Å². The van der Waals surface area contributed by atoms with Crippen molar-refractivity contribution in [3.8, 4) is 0 Å². The lowest BCUT2D eigenvalue weighted by atomic mass is 10.1. The molecule has 2 heterocycles. The second kappa shape index (κ2) is 9.92. The lowest BCUT2D eigenvalue weighted by molar-refractivity contribution is 0.750. The van der Waals surface area contributed by atoms with Gasteiger partial charge in [0.05, 0.1) is 0 Å². The fraction of sp³-hybridized carbons (Fsp3) is 0.350. The smallest absolute Gasteiger partial charge is 0.191 e. The number of fused-ring (bicyclic) bond motifs is 1. The lowest BCUT2D eigenvalue weighted by Gasteiger charge is -2.11. The average molecular weight is 385 g/mol. The molecule has 142 valence electrons. The van der Waals surface area contributed by atoms with Crippen molar-refractivity contribution >= 4 is 23.2 Å². The highest BCUT2D eigenvalue weighted by molar-refractivity contribution is 6.30. The molecule has 0 spiro atoms. The Bertz CT molecular complexity index is 889. The number of hydrogen-bond acceptors (Lipinski definition) is 3. The summed E-state index contributed by atoms with van der Waals surface area (Å²) in [4.78, 5) is 4.65. The maximum atomic E-state index is 6.03. The molecule has 0 aliphatic carbocycles. The minimum Gasteiger partial charge on any atom is -0.357 e. The normalized spacial score (nSPS) is 11.7. The maximum absolute atomic E-state index is 6.03. The zero-order chi connectivity index (χ0) is 18.9. The standard InChI is InChI=1S/C20H25ClN6/c1-2-22-20(24-13-11-16-7-5-8-17(21)15-16)23-12-6-10-19-26-25-18-9-3-4-14-27(18)19/h3-5,7-9,14-15H,2,6,10-13H2,1H3,(H2,22,23,24). The monoisotopic (exact) mass is 384 g/mol. The van der Waals surface area contributed by atoms with Crippen molar-refractivity contribution in [3.63, 3.8) is 0 Å². The summed E-state index contributed by atoms with van der Waals surface area (Å²) < 4.78 is 2.03. The Kier molecular flexibility index (Phi) is 7.04. The maximum Gasteiger partial charge on any atom is 0.191 e. The van der Waals surface area contributed by atoms with Gasteiger partial charge in [-0.2, -0.15) is 0 Å². The number of nitrogens with one attached hydrogen (secondary N) is 2. The molecule has 2 N–H and O–H groups in total. The Hall–Kier alpha value is -2.60. The molecule has 0 unspecified atom stereocenters. The first-order valence-corrected chi connectivity index (χ1v) is 9.69. The molecule has 1 aromatic carbocycles. The molecule has 0 fully saturated rings. The number of aromatic nitrogens is 3. The average Bonchev–Trinajstić information content (AvgIpc) is 3.08. The van der Waals surface area contributed by atoms with Crippen LogP contribution in [0.25, 0.3) is 5.65 Å². The van der Waals surface area contributed by atoms with Gasteiger partial charge >= 0.3 is 0 Å². The van der Waals surface area contributed by atoms with Crippen molar-refractivity contribution in [1.29, 1.82) is 0 Å². The first-order chi connectivity index (χ1) is 13.3. The summed E-state index contributed by atoms with van der Waals surface area (Å²) >= 11 is 6.03. The first-order valence-electron chi connectivity index (χ1n) is 9.31. The Labute approximate surface area is 164 Å². The number of aliphatic imine (C=N–C) groups is 1. The number of hydrogen-bond donors (Lipinski definition) is 2. The molecule has 2 aromatic heterocycles. The zero-order valence-corrected chi connectivity index (χ0v) is 16.3. The zero-order valence-electron chi connectivity index (χ0n) is 15.5. The number of aryl methyl sites for hydroxylation is 1. The minimum atomic E-state index is 0.730. The molecule has 0 atom stereocenters. The van der Waals surface area contributed by atoms with Crippen LogP contribution in [0, 0.1) is 0 Å². The van der Waals surface area contributed by atoms with Gasteiger partial charge in [0.1, 0.15) is 5.82 Å². The molecule has 0 saturated heterocycles. The highest BCUT2D eigenvalue weighted by Gasteiger charge is 2.04. The van der Waals surface area contributed by atoms with Crippen LogP contribution in [-0.4, -0.2) is 40.2 Å². The highest BCUT2D eigenvalue weighted by atomic mass is 35.5. The topological polar surface area (TPSA) is 66.6 Å². The van der Waals surface area contributed by atoms with E-state index in [-0.39, 0.29) is 0 Å². The third-order valence-corrected chi connectivity index (χ3v) is 4.39. The van der Waals surface area contributed by atoms with Crippen molar-refractivity contribution in [2.24, 2.45) is 4.99 Å². The van der Waals surface area contributed by atoms with E-state index < -0.39 is 0 Å². The van der Waals surface area contributed by atoms with Crippen LogP contribution in [0.3, 0.4) is 0 Å². The van der Waals surface area contributed by atoms with Crippen molar-refractivity contribution in [3.05, 3.63) is 65.1 Å². The van der Waals surface area contributed by atoms with E-state index in [1.54, 1.807) is 0 Å². The number of benzene rings is 1. The predicted molar refractivity (Wildman–Crippen MR) is 110 cm³/mol. The molecule has 3 aromatic rings. The van der Waals surface area contributed by atoms with Gasteiger partial charge in [0, 0.05) is 37.3 Å². The molecular formula is C20H25ClN6. The van der Waals surface area contributed by atoms with E-state index in [0.29, 0.717) is 0 Å². The quantitative estimate of drug-likeness (QED) is 0.356. The molecule has 0 aliphatic heterocycles. The SMILES string of the molecule is CCNC(=NCCCc1nnc2ccccn12)NCCc1cccc(Cl)c1. The molecule has 27 heavy (non-hydrogen) atoms. The Balaban J connectivity index is 1.47. The molecule has 0 amide bonds. The molecular weight excluding hydrogens is 360 g/mol. The predicted octanol–water partition coefficient (Wildman–Crippen LogP) is 3.11. The Morgan fingerprint density at radius 2 is 2.04 bits per heavy atom. The molecule has 7 heteroatoms. The van der Waals surface area contributed by atoms with Crippen LogP contribution >= 0.6 is 11.6 Å². The van der Waals surface area contributed by atoms with Crippen LogP contribution < -0.4 is 10.6 Å². The summed E-state index contributed by atoms with van der Waals surface area (Å²) in [6.45, 7) is 4.43. The minimum absolute atomic E-state index is 0.730. The Morgan fingerprint density at radius 1 is 1.11 bits per heavy atom. The van der Waals surface area contributed by atoms with Gasteiger partial charge < -0.3 is 10.6 Å². The molecule has 6 nitrogen and oxygen atoms in total. The fourth-order valence-corrected chi connectivity index (χ4v) is 3.06. The van der Waals surface area contributed by atoms with Gasteiger partial charge in [-0.15, -0.1) is 10.2 Å². The lowest BCUT2D eigenvalue weighted by Crippen LogP contribution is -2.38. The van der Waals surface area contributed by atoms with Crippen molar-refractivity contribution < 1.29 is 0 Å². The third kappa shape index (κ3) is 5.69. The third-order valence-electron chi connectivity index (χ3n) is 4.15. The van der Waals surface area contributed by atoms with Gasteiger partial charge in [-0.05, 0) is 49.6 Å². The van der Waals surface area contributed by atoms with Crippen LogP contribution in [0.4, 0.5) is 0 Å². The second-order valence-electron chi connectivity index (χ2n) is 6.22. The fourth-order valence-electron chi connectivity index (χ4n) is 2.85. The van der Waals surface area contributed by atoms with Crippen molar-refractivity contribution in [1.82, 2.24) is 25.2 Å². The summed E-state index contributed by atoms with van der Waals surface area (Å²) in [5, 5.41) is 15.9. The van der Waals surface area contributed by atoms with E-state index >= 15 is 0 Å². The van der Waals surface area contributed by atoms with Crippen molar-refractivity contribution in [2.45, 2.75) is 26.2 Å². The summed E-state index contributed by atoms with van der Waals surface area (Å²) in [5.41, 5.74) is 2.09. The first kappa shape index (κ1) is 19.2. The molecule has 0 radical (unpaired) electrons. The van der Waals surface area contributed by atoms with E-state index in [1.165, 1.54) is 5.56 Å². The summed E-state index contributed by atoms with van der Waals surface area (Å²) in [7, 11) is 0. The van der Waals surface area contributed by atoms with Gasteiger partial charge in [-0.3, -0.25) is 9.39 Å². The van der Waals surface area contributed by atoms with Crippen molar-refractivity contribution in [2.75, 3.05) is 19.6 Å². The number of nitrogens with zero attached hydrogens (tertiary/aromatic N) is 4. The largest absolute Gasteiger partial charge is 0.357 e.